The van der Waals surface area contributed by atoms with E-state index in [2.05, 4.69) is 0 Å². The van der Waals surface area contributed by atoms with Gasteiger partial charge in [-0.1, -0.05) is 23.7 Å². The molecule has 2 aromatic carbocycles. The van der Waals surface area contributed by atoms with Gasteiger partial charge in [0.25, 0.3) is 0 Å². The number of sulfone groups is 1. The van der Waals surface area contributed by atoms with E-state index in [0.29, 0.717) is 5.02 Å². The maximum absolute atomic E-state index is 13.4. The third-order valence-corrected chi connectivity index (χ3v) is 6.75. The second-order valence-electron chi connectivity index (χ2n) is 5.69. The highest BCUT2D eigenvalue weighted by molar-refractivity contribution is 7.92. The fourth-order valence-corrected chi connectivity index (χ4v) is 5.34. The fourth-order valence-electron chi connectivity index (χ4n) is 2.99. The summed E-state index contributed by atoms with van der Waals surface area (Å²) in [5.41, 5.74) is 4.12. The molecule has 24 heavy (non-hydrogen) atoms. The molecule has 0 aromatic heterocycles. The lowest BCUT2D eigenvalue weighted by molar-refractivity contribution is -0.139. The van der Waals surface area contributed by atoms with E-state index in [1.807, 2.05) is 0 Å². The van der Waals surface area contributed by atoms with Gasteiger partial charge in [0.15, 0.2) is 9.84 Å². The molecule has 0 unspecified atom stereocenters. The van der Waals surface area contributed by atoms with Gasteiger partial charge in [0.1, 0.15) is 16.6 Å². The van der Waals surface area contributed by atoms with E-state index in [-0.39, 0.29) is 10.5 Å². The van der Waals surface area contributed by atoms with Crippen molar-refractivity contribution in [2.75, 3.05) is 0 Å². The number of rotatable bonds is 4. The Labute approximate surface area is 142 Å². The van der Waals surface area contributed by atoms with Crippen LogP contribution in [-0.4, -0.2) is 30.3 Å². The van der Waals surface area contributed by atoms with Gasteiger partial charge in [-0.05, 0) is 42.0 Å². The quantitative estimate of drug-likeness (QED) is 0.861. The minimum atomic E-state index is -4.03. The van der Waals surface area contributed by atoms with Crippen molar-refractivity contribution in [1.82, 2.24) is 0 Å². The first-order valence-corrected chi connectivity index (χ1v) is 8.88. The van der Waals surface area contributed by atoms with Crippen molar-refractivity contribution in [3.63, 3.8) is 0 Å². The average Bonchev–Trinajstić information content (AvgIpc) is 3.17. The summed E-state index contributed by atoms with van der Waals surface area (Å²) in [7, 11) is -4.03. The summed E-state index contributed by atoms with van der Waals surface area (Å²) in [6.07, 6.45) is 0. The summed E-state index contributed by atoms with van der Waals surface area (Å²) in [6, 6.07) is 10.5. The molecule has 0 amide bonds. The van der Waals surface area contributed by atoms with Crippen molar-refractivity contribution in [3.05, 3.63) is 64.9 Å². The molecule has 2 aromatic rings. The molecular formula is C16H13ClFNO4S. The predicted octanol–water partition coefficient (Wildman–Crippen LogP) is 2.20. The molecule has 0 radical (unpaired) electrons. The third kappa shape index (κ3) is 2.49. The number of nitrogens with two attached hydrogens (primary N) is 1. The van der Waals surface area contributed by atoms with Gasteiger partial charge in [0.2, 0.25) is 0 Å². The Morgan fingerprint density at radius 2 is 1.83 bits per heavy atom. The zero-order valence-corrected chi connectivity index (χ0v) is 13.8. The van der Waals surface area contributed by atoms with Crippen LogP contribution in [0.25, 0.3) is 0 Å². The van der Waals surface area contributed by atoms with Gasteiger partial charge in [0, 0.05) is 10.9 Å². The molecule has 3 rings (SSSR count). The smallest absolute Gasteiger partial charge is 0.325 e. The molecule has 1 fully saturated rings. The van der Waals surface area contributed by atoms with Gasteiger partial charge in [-0.2, -0.15) is 0 Å². The topological polar surface area (TPSA) is 97.5 Å². The van der Waals surface area contributed by atoms with Gasteiger partial charge >= 0.3 is 5.97 Å². The molecule has 126 valence electrons. The monoisotopic (exact) mass is 369 g/mol. The van der Waals surface area contributed by atoms with Gasteiger partial charge in [0.05, 0.1) is 4.90 Å². The first-order chi connectivity index (χ1) is 11.2. The number of benzene rings is 2. The molecule has 0 aliphatic heterocycles. The summed E-state index contributed by atoms with van der Waals surface area (Å²) in [5, 5.41) is 8.40. The first kappa shape index (κ1) is 16.9. The minimum absolute atomic E-state index is 0.0770. The van der Waals surface area contributed by atoms with Gasteiger partial charge in [-0.25, -0.2) is 12.8 Å². The molecule has 1 aliphatic rings. The van der Waals surface area contributed by atoms with Gasteiger partial charge in [-0.15, -0.1) is 0 Å². The second kappa shape index (κ2) is 5.54. The Balaban J connectivity index is 2.08. The Kier molecular flexibility index (Phi) is 3.90. The molecule has 1 aliphatic carbocycles. The second-order valence-corrected chi connectivity index (χ2v) is 8.20. The van der Waals surface area contributed by atoms with Crippen LogP contribution in [0.1, 0.15) is 11.5 Å². The molecule has 1 saturated carbocycles. The van der Waals surface area contributed by atoms with Crippen LogP contribution in [0.15, 0.2) is 53.4 Å². The summed E-state index contributed by atoms with van der Waals surface area (Å²) in [6.45, 7) is 0. The highest BCUT2D eigenvalue weighted by Crippen LogP contribution is 2.55. The van der Waals surface area contributed by atoms with Crippen LogP contribution in [0.3, 0.4) is 0 Å². The molecule has 0 spiro atoms. The first-order valence-electron chi connectivity index (χ1n) is 6.96. The van der Waals surface area contributed by atoms with Crippen molar-refractivity contribution in [2.45, 2.75) is 21.6 Å². The molecule has 0 bridgehead atoms. The van der Waals surface area contributed by atoms with Gasteiger partial charge < -0.3 is 10.8 Å². The predicted molar refractivity (Wildman–Crippen MR) is 86.1 cm³/mol. The average molecular weight is 370 g/mol. The summed E-state index contributed by atoms with van der Waals surface area (Å²) < 4.78 is 39.1. The summed E-state index contributed by atoms with van der Waals surface area (Å²) in [4.78, 5) is 11.5. The number of carboxylic acid groups (broad SMARTS) is 1. The zero-order chi connectivity index (χ0) is 17.7. The standard InChI is InChI=1S/C16H13ClFNO4S/c17-10-4-6-12(7-5-10)24(22,23)14-13(16(14,19)15(20)21)9-2-1-3-11(18)8-9/h1-8,13-14H,19H2,(H,20,21)/t13-,14-,16-/m1/s1. The Bertz CT molecular complexity index is 916. The maximum Gasteiger partial charge on any atom is 0.325 e. The van der Waals surface area contributed by atoms with Crippen LogP contribution in [0.4, 0.5) is 4.39 Å². The van der Waals surface area contributed by atoms with E-state index in [1.165, 1.54) is 42.5 Å². The highest BCUT2D eigenvalue weighted by Gasteiger charge is 2.74. The lowest BCUT2D eigenvalue weighted by Gasteiger charge is -2.06. The van der Waals surface area contributed by atoms with E-state index in [1.54, 1.807) is 0 Å². The van der Waals surface area contributed by atoms with Crippen molar-refractivity contribution in [2.24, 2.45) is 5.73 Å². The molecule has 0 saturated heterocycles. The number of halogens is 2. The van der Waals surface area contributed by atoms with E-state index < -0.39 is 38.3 Å². The van der Waals surface area contributed by atoms with Crippen LogP contribution >= 0.6 is 11.6 Å². The molecular weight excluding hydrogens is 357 g/mol. The number of hydrogen-bond acceptors (Lipinski definition) is 4. The molecule has 8 heteroatoms. The molecule has 3 atom stereocenters. The SMILES string of the molecule is N[C@]1(C(=O)O)[C@H](c2cccc(F)c2)[C@H]1S(=O)(=O)c1ccc(Cl)cc1. The van der Waals surface area contributed by atoms with Crippen molar-refractivity contribution in [3.8, 4) is 0 Å². The van der Waals surface area contributed by atoms with Crippen LogP contribution in [-0.2, 0) is 14.6 Å². The maximum atomic E-state index is 13.4. The van der Waals surface area contributed by atoms with E-state index in [4.69, 9.17) is 17.3 Å². The van der Waals surface area contributed by atoms with Crippen LogP contribution in [0.5, 0.6) is 0 Å². The number of aliphatic carboxylic acids is 1. The summed E-state index contributed by atoms with van der Waals surface area (Å²) >= 11 is 5.75. The van der Waals surface area contributed by atoms with E-state index >= 15 is 0 Å². The van der Waals surface area contributed by atoms with Crippen LogP contribution in [0.2, 0.25) is 5.02 Å². The van der Waals surface area contributed by atoms with Crippen molar-refractivity contribution < 1.29 is 22.7 Å². The lowest BCUT2D eigenvalue weighted by Crippen LogP contribution is -2.39. The van der Waals surface area contributed by atoms with E-state index in [9.17, 15) is 22.7 Å². The highest BCUT2D eigenvalue weighted by atomic mass is 35.5. The molecule has 5 nitrogen and oxygen atoms in total. The Morgan fingerprint density at radius 1 is 1.21 bits per heavy atom. The zero-order valence-electron chi connectivity index (χ0n) is 12.2. The van der Waals surface area contributed by atoms with Crippen LogP contribution < -0.4 is 5.73 Å². The third-order valence-electron chi connectivity index (χ3n) is 4.23. The number of hydrogen-bond donors (Lipinski definition) is 2. The number of carbonyl (C=O) groups is 1. The fraction of sp³-hybridized carbons (Fsp3) is 0.188. The normalized spacial score (nSPS) is 26.1. The lowest BCUT2D eigenvalue weighted by atomic mass is 10.1. The Morgan fingerprint density at radius 3 is 2.38 bits per heavy atom. The number of carboxylic acids is 1. The minimum Gasteiger partial charge on any atom is -0.480 e. The summed E-state index contributed by atoms with van der Waals surface area (Å²) in [5.74, 6) is -3.07. The van der Waals surface area contributed by atoms with Crippen molar-refractivity contribution in [1.29, 1.82) is 0 Å². The Hall–Kier alpha value is -1.96. The van der Waals surface area contributed by atoms with E-state index in [0.717, 1.165) is 6.07 Å². The van der Waals surface area contributed by atoms with Gasteiger partial charge in [-0.3, -0.25) is 4.79 Å². The molecule has 0 heterocycles. The molecule has 3 N–H and O–H groups in total. The van der Waals surface area contributed by atoms with Crippen LogP contribution in [0, 0.1) is 5.82 Å². The van der Waals surface area contributed by atoms with Crippen molar-refractivity contribution >= 4 is 27.4 Å². The largest absolute Gasteiger partial charge is 0.480 e.